The van der Waals surface area contributed by atoms with Crippen molar-refractivity contribution >= 4 is 23.2 Å². The summed E-state index contributed by atoms with van der Waals surface area (Å²) in [6, 6.07) is 10.7. The summed E-state index contributed by atoms with van der Waals surface area (Å²) >= 11 is 5.97. The topological polar surface area (TPSA) is 38.8 Å². The SMILES string of the molecule is O=C(COc1ccc(F)cc1)N1CCOc2ccc(Cl)cc21. The van der Waals surface area contributed by atoms with Crippen LogP contribution in [0.25, 0.3) is 0 Å². The van der Waals surface area contributed by atoms with Crippen molar-refractivity contribution in [2.24, 2.45) is 0 Å². The molecule has 6 heteroatoms. The number of nitrogens with zero attached hydrogens (tertiary/aromatic N) is 1. The first kappa shape index (κ1) is 14.7. The summed E-state index contributed by atoms with van der Waals surface area (Å²) in [5, 5.41) is 0.529. The second kappa shape index (κ2) is 6.23. The maximum Gasteiger partial charge on any atom is 0.265 e. The van der Waals surface area contributed by atoms with Crippen molar-refractivity contribution < 1.29 is 18.7 Å². The van der Waals surface area contributed by atoms with Crippen LogP contribution in [0.3, 0.4) is 0 Å². The molecule has 0 aliphatic carbocycles. The summed E-state index contributed by atoms with van der Waals surface area (Å²) < 4.78 is 23.7. The van der Waals surface area contributed by atoms with E-state index >= 15 is 0 Å². The fourth-order valence-corrected chi connectivity index (χ4v) is 2.37. The van der Waals surface area contributed by atoms with Gasteiger partial charge in [-0.3, -0.25) is 4.79 Å². The highest BCUT2D eigenvalue weighted by Gasteiger charge is 2.24. The average molecular weight is 322 g/mol. The quantitative estimate of drug-likeness (QED) is 0.871. The zero-order valence-electron chi connectivity index (χ0n) is 11.6. The first-order valence-electron chi connectivity index (χ1n) is 6.74. The number of anilines is 1. The molecule has 0 saturated carbocycles. The van der Waals surface area contributed by atoms with Gasteiger partial charge in [-0.25, -0.2) is 4.39 Å². The molecule has 0 aromatic heterocycles. The maximum absolute atomic E-state index is 12.8. The molecule has 0 spiro atoms. The Morgan fingerprint density at radius 1 is 1.27 bits per heavy atom. The van der Waals surface area contributed by atoms with E-state index in [1.54, 1.807) is 23.1 Å². The van der Waals surface area contributed by atoms with Gasteiger partial charge in [0.15, 0.2) is 6.61 Å². The van der Waals surface area contributed by atoms with Crippen molar-refractivity contribution in [2.75, 3.05) is 24.7 Å². The number of benzene rings is 2. The lowest BCUT2D eigenvalue weighted by Gasteiger charge is -2.29. The number of halogens is 2. The largest absolute Gasteiger partial charge is 0.490 e. The number of amides is 1. The van der Waals surface area contributed by atoms with Crippen LogP contribution in [0.2, 0.25) is 5.02 Å². The van der Waals surface area contributed by atoms with E-state index in [1.165, 1.54) is 24.3 Å². The molecule has 0 atom stereocenters. The zero-order valence-corrected chi connectivity index (χ0v) is 12.3. The first-order valence-corrected chi connectivity index (χ1v) is 7.12. The Hall–Kier alpha value is -2.27. The summed E-state index contributed by atoms with van der Waals surface area (Å²) in [4.78, 5) is 13.9. The Balaban J connectivity index is 1.71. The molecule has 3 rings (SSSR count). The van der Waals surface area contributed by atoms with Crippen LogP contribution in [-0.4, -0.2) is 25.7 Å². The van der Waals surface area contributed by atoms with Gasteiger partial charge in [-0.15, -0.1) is 0 Å². The van der Waals surface area contributed by atoms with Gasteiger partial charge in [-0.1, -0.05) is 11.6 Å². The number of carbonyl (C=O) groups is 1. The van der Waals surface area contributed by atoms with Crippen LogP contribution in [0.4, 0.5) is 10.1 Å². The molecular weight excluding hydrogens is 309 g/mol. The summed E-state index contributed by atoms with van der Waals surface area (Å²) in [5.41, 5.74) is 0.631. The molecule has 114 valence electrons. The minimum absolute atomic E-state index is 0.141. The monoisotopic (exact) mass is 321 g/mol. The average Bonchev–Trinajstić information content (AvgIpc) is 2.53. The van der Waals surface area contributed by atoms with Crippen LogP contribution in [0.5, 0.6) is 11.5 Å². The second-order valence-electron chi connectivity index (χ2n) is 4.75. The van der Waals surface area contributed by atoms with Crippen LogP contribution in [0.15, 0.2) is 42.5 Å². The van der Waals surface area contributed by atoms with Gasteiger partial charge >= 0.3 is 0 Å². The molecule has 2 aromatic carbocycles. The van der Waals surface area contributed by atoms with Gasteiger partial charge < -0.3 is 14.4 Å². The Kier molecular flexibility index (Phi) is 4.15. The third kappa shape index (κ3) is 3.14. The molecular formula is C16H13ClFNO3. The minimum atomic E-state index is -0.351. The van der Waals surface area contributed by atoms with Gasteiger partial charge in [-0.05, 0) is 42.5 Å². The molecule has 0 bridgehead atoms. The molecule has 0 unspecified atom stereocenters. The molecule has 4 nitrogen and oxygen atoms in total. The standard InChI is InChI=1S/C16H13ClFNO3/c17-11-1-6-15-14(9-11)19(7-8-21-15)16(20)10-22-13-4-2-12(18)3-5-13/h1-6,9H,7-8,10H2. The minimum Gasteiger partial charge on any atom is -0.490 e. The van der Waals surface area contributed by atoms with Crippen LogP contribution in [-0.2, 0) is 4.79 Å². The summed E-state index contributed by atoms with van der Waals surface area (Å²) in [6.45, 7) is 0.702. The van der Waals surface area contributed by atoms with Crippen LogP contribution in [0, 0.1) is 5.82 Å². The Bertz CT molecular complexity index is 690. The highest BCUT2D eigenvalue weighted by atomic mass is 35.5. The van der Waals surface area contributed by atoms with Crippen LogP contribution >= 0.6 is 11.6 Å². The molecule has 0 N–H and O–H groups in total. The van der Waals surface area contributed by atoms with Crippen molar-refractivity contribution in [1.29, 1.82) is 0 Å². The predicted molar refractivity (Wildman–Crippen MR) is 81.2 cm³/mol. The zero-order chi connectivity index (χ0) is 15.5. The molecule has 22 heavy (non-hydrogen) atoms. The summed E-state index contributed by atoms with van der Waals surface area (Å²) in [5.74, 6) is 0.492. The van der Waals surface area contributed by atoms with E-state index in [4.69, 9.17) is 21.1 Å². The molecule has 1 aliphatic heterocycles. The lowest BCUT2D eigenvalue weighted by molar-refractivity contribution is -0.120. The Morgan fingerprint density at radius 3 is 2.82 bits per heavy atom. The number of ether oxygens (including phenoxy) is 2. The molecule has 0 fully saturated rings. The van der Waals surface area contributed by atoms with Crippen LogP contribution < -0.4 is 14.4 Å². The number of rotatable bonds is 3. The van der Waals surface area contributed by atoms with Crippen molar-refractivity contribution in [2.45, 2.75) is 0 Å². The van der Waals surface area contributed by atoms with E-state index in [-0.39, 0.29) is 18.3 Å². The third-order valence-corrected chi connectivity index (χ3v) is 3.50. The third-order valence-electron chi connectivity index (χ3n) is 3.26. The first-order chi connectivity index (χ1) is 10.6. The molecule has 0 radical (unpaired) electrons. The van der Waals surface area contributed by atoms with Gasteiger partial charge in [0.25, 0.3) is 5.91 Å². The van der Waals surface area contributed by atoms with Crippen molar-refractivity contribution in [1.82, 2.24) is 0 Å². The van der Waals surface area contributed by atoms with E-state index in [0.717, 1.165) is 0 Å². The van der Waals surface area contributed by atoms with E-state index in [0.29, 0.717) is 35.4 Å². The Morgan fingerprint density at radius 2 is 2.05 bits per heavy atom. The van der Waals surface area contributed by atoms with Gasteiger partial charge in [0.1, 0.15) is 23.9 Å². The predicted octanol–water partition coefficient (Wildman–Crippen LogP) is 3.28. The normalized spacial score (nSPS) is 13.3. The molecule has 1 heterocycles. The molecule has 1 aliphatic rings. The molecule has 2 aromatic rings. The fraction of sp³-hybridized carbons (Fsp3) is 0.188. The van der Waals surface area contributed by atoms with E-state index < -0.39 is 0 Å². The Labute approximate surface area is 132 Å². The highest BCUT2D eigenvalue weighted by Crippen LogP contribution is 2.34. The fourth-order valence-electron chi connectivity index (χ4n) is 2.20. The van der Waals surface area contributed by atoms with Crippen molar-refractivity contribution in [3.63, 3.8) is 0 Å². The molecule has 1 amide bonds. The number of carbonyl (C=O) groups excluding carboxylic acids is 1. The summed E-state index contributed by atoms with van der Waals surface area (Å²) in [7, 11) is 0. The summed E-state index contributed by atoms with van der Waals surface area (Å²) in [6.07, 6.45) is 0. The molecule has 0 saturated heterocycles. The van der Waals surface area contributed by atoms with Gasteiger partial charge in [0.2, 0.25) is 0 Å². The second-order valence-corrected chi connectivity index (χ2v) is 5.18. The van der Waals surface area contributed by atoms with E-state index in [1.807, 2.05) is 0 Å². The highest BCUT2D eigenvalue weighted by molar-refractivity contribution is 6.31. The van der Waals surface area contributed by atoms with Gasteiger partial charge in [0, 0.05) is 5.02 Å². The van der Waals surface area contributed by atoms with Gasteiger partial charge in [-0.2, -0.15) is 0 Å². The van der Waals surface area contributed by atoms with Crippen LogP contribution in [0.1, 0.15) is 0 Å². The maximum atomic E-state index is 12.8. The number of fused-ring (bicyclic) bond motifs is 1. The van der Waals surface area contributed by atoms with E-state index in [2.05, 4.69) is 0 Å². The number of hydrogen-bond acceptors (Lipinski definition) is 3. The lowest BCUT2D eigenvalue weighted by atomic mass is 10.2. The van der Waals surface area contributed by atoms with Crippen molar-refractivity contribution in [3.8, 4) is 11.5 Å². The number of hydrogen-bond donors (Lipinski definition) is 0. The van der Waals surface area contributed by atoms with E-state index in [9.17, 15) is 9.18 Å². The van der Waals surface area contributed by atoms with Gasteiger partial charge in [0.05, 0.1) is 12.2 Å². The lowest BCUT2D eigenvalue weighted by Crippen LogP contribution is -2.40. The van der Waals surface area contributed by atoms with Crippen molar-refractivity contribution in [3.05, 3.63) is 53.3 Å². The smallest absolute Gasteiger partial charge is 0.265 e.